The number of piperazine rings is 1. The Hall–Kier alpha value is -3.88. The maximum atomic E-state index is 11.0. The summed E-state index contributed by atoms with van der Waals surface area (Å²) in [6, 6.07) is 22.1. The summed E-state index contributed by atoms with van der Waals surface area (Å²) in [6.07, 6.45) is 1.03. The molecule has 1 atom stereocenters. The number of anilines is 1. The first-order valence-electron chi connectivity index (χ1n) is 12.8. The molecule has 1 fully saturated rings. The van der Waals surface area contributed by atoms with E-state index in [1.165, 1.54) is 33.3 Å². The highest BCUT2D eigenvalue weighted by atomic mass is 16.6. The summed E-state index contributed by atoms with van der Waals surface area (Å²) in [6.45, 7) is 5.35. The number of nitrogens with one attached hydrogen (secondary N) is 2. The lowest BCUT2D eigenvalue weighted by atomic mass is 9.93. The second kappa shape index (κ2) is 9.88. The van der Waals surface area contributed by atoms with Gasteiger partial charge in [-0.05, 0) is 47.9 Å². The van der Waals surface area contributed by atoms with Gasteiger partial charge in [0.2, 0.25) is 0 Å². The minimum atomic E-state index is -0.356. The second-order valence-electron chi connectivity index (χ2n) is 9.81. The van der Waals surface area contributed by atoms with E-state index in [2.05, 4.69) is 62.6 Å². The highest BCUT2D eigenvalue weighted by Gasteiger charge is 2.26. The number of ether oxygens (including phenoxy) is 1. The maximum absolute atomic E-state index is 11.0. The quantitative estimate of drug-likeness (QED) is 0.298. The van der Waals surface area contributed by atoms with Gasteiger partial charge in [0, 0.05) is 79.2 Å². The molecule has 3 aromatic carbocycles. The minimum Gasteiger partial charge on any atom is -0.496 e. The van der Waals surface area contributed by atoms with Crippen LogP contribution in [0.25, 0.3) is 10.9 Å². The predicted molar refractivity (Wildman–Crippen MR) is 145 cm³/mol. The number of H-pyrrole nitrogens is 1. The van der Waals surface area contributed by atoms with Gasteiger partial charge < -0.3 is 19.9 Å². The molecule has 3 heterocycles. The van der Waals surface area contributed by atoms with Gasteiger partial charge in [-0.25, -0.2) is 0 Å². The third-order valence-electron chi connectivity index (χ3n) is 7.69. The van der Waals surface area contributed by atoms with E-state index in [-0.39, 0.29) is 16.7 Å². The highest BCUT2D eigenvalue weighted by molar-refractivity contribution is 5.85. The van der Waals surface area contributed by atoms with Crippen molar-refractivity contribution in [3.8, 4) is 5.75 Å². The fourth-order valence-corrected chi connectivity index (χ4v) is 5.76. The molecule has 0 spiro atoms. The zero-order valence-corrected chi connectivity index (χ0v) is 20.9. The van der Waals surface area contributed by atoms with Crippen molar-refractivity contribution in [3.05, 3.63) is 99.2 Å². The first kappa shape index (κ1) is 23.5. The SMILES string of the molecule is COc1ccc([C@H]2NCCc3c2[nH]c2ccccc32)cc1CN1CCN(c2ccc([N+](=O)[O-])cc2)CC1. The van der Waals surface area contributed by atoms with E-state index >= 15 is 0 Å². The number of non-ortho nitro benzene ring substituents is 1. The molecule has 0 amide bonds. The van der Waals surface area contributed by atoms with Crippen molar-refractivity contribution in [2.45, 2.75) is 19.0 Å². The molecule has 190 valence electrons. The standard InChI is InChI=1S/C29H31N5O3/c1-37-27-11-6-20(28-29-25(12-13-30-28)24-4-2-3-5-26(24)31-29)18-21(27)19-32-14-16-33(17-15-32)22-7-9-23(10-8-22)34(35)36/h2-11,18,28,30-31H,12-17,19H2,1H3/t28-/m1/s1. The Bertz CT molecular complexity index is 1420. The van der Waals surface area contributed by atoms with Gasteiger partial charge in [0.15, 0.2) is 0 Å². The zero-order valence-electron chi connectivity index (χ0n) is 20.9. The molecular weight excluding hydrogens is 466 g/mol. The van der Waals surface area contributed by atoms with Crippen molar-refractivity contribution in [2.75, 3.05) is 44.7 Å². The normalized spacial score (nSPS) is 18.1. The summed E-state index contributed by atoms with van der Waals surface area (Å²) in [4.78, 5) is 19.0. The van der Waals surface area contributed by atoms with Gasteiger partial charge >= 0.3 is 0 Å². The Kier molecular flexibility index (Phi) is 6.28. The van der Waals surface area contributed by atoms with Crippen molar-refractivity contribution < 1.29 is 9.66 Å². The number of rotatable bonds is 6. The molecule has 8 heteroatoms. The number of hydrogen-bond donors (Lipinski definition) is 2. The summed E-state index contributed by atoms with van der Waals surface area (Å²) in [5.41, 5.74) is 7.46. The van der Waals surface area contributed by atoms with E-state index in [1.807, 2.05) is 12.1 Å². The van der Waals surface area contributed by atoms with Crippen LogP contribution in [0.2, 0.25) is 0 Å². The molecule has 0 bridgehead atoms. The lowest BCUT2D eigenvalue weighted by Crippen LogP contribution is -2.46. The number of aromatic amines is 1. The lowest BCUT2D eigenvalue weighted by molar-refractivity contribution is -0.384. The van der Waals surface area contributed by atoms with E-state index in [9.17, 15) is 10.1 Å². The van der Waals surface area contributed by atoms with E-state index < -0.39 is 0 Å². The van der Waals surface area contributed by atoms with Crippen LogP contribution in [-0.2, 0) is 13.0 Å². The first-order valence-corrected chi connectivity index (χ1v) is 12.8. The van der Waals surface area contributed by atoms with Crippen molar-refractivity contribution >= 4 is 22.3 Å². The van der Waals surface area contributed by atoms with Crippen molar-refractivity contribution in [2.24, 2.45) is 0 Å². The van der Waals surface area contributed by atoms with Crippen LogP contribution < -0.4 is 15.0 Å². The van der Waals surface area contributed by atoms with Crippen LogP contribution in [0.3, 0.4) is 0 Å². The summed E-state index contributed by atoms with van der Waals surface area (Å²) < 4.78 is 5.75. The molecular formula is C29H31N5O3. The van der Waals surface area contributed by atoms with Crippen LogP contribution in [0.4, 0.5) is 11.4 Å². The van der Waals surface area contributed by atoms with Crippen LogP contribution >= 0.6 is 0 Å². The van der Waals surface area contributed by atoms with Gasteiger partial charge in [0.25, 0.3) is 5.69 Å². The number of para-hydroxylation sites is 1. The van der Waals surface area contributed by atoms with Crippen molar-refractivity contribution in [3.63, 3.8) is 0 Å². The van der Waals surface area contributed by atoms with Crippen LogP contribution in [0, 0.1) is 10.1 Å². The number of nitro groups is 1. The van der Waals surface area contributed by atoms with E-state index in [1.54, 1.807) is 19.2 Å². The fraction of sp³-hybridized carbons (Fsp3) is 0.310. The third kappa shape index (κ3) is 4.54. The Morgan fingerprint density at radius 1 is 1.03 bits per heavy atom. The van der Waals surface area contributed by atoms with Gasteiger partial charge in [-0.1, -0.05) is 24.3 Å². The number of hydrogen-bond acceptors (Lipinski definition) is 6. The smallest absolute Gasteiger partial charge is 0.269 e. The minimum absolute atomic E-state index is 0.125. The van der Waals surface area contributed by atoms with E-state index in [0.717, 1.165) is 57.1 Å². The molecule has 8 nitrogen and oxygen atoms in total. The number of aromatic nitrogens is 1. The molecule has 0 saturated carbocycles. The van der Waals surface area contributed by atoms with Crippen LogP contribution in [0.15, 0.2) is 66.7 Å². The lowest BCUT2D eigenvalue weighted by Gasteiger charge is -2.36. The molecule has 0 radical (unpaired) electrons. The number of methoxy groups -OCH3 is 1. The van der Waals surface area contributed by atoms with Crippen molar-refractivity contribution in [1.82, 2.24) is 15.2 Å². The number of nitrogens with zero attached hydrogens (tertiary/aromatic N) is 3. The van der Waals surface area contributed by atoms with E-state index in [4.69, 9.17) is 4.74 Å². The van der Waals surface area contributed by atoms with E-state index in [0.29, 0.717) is 0 Å². The third-order valence-corrected chi connectivity index (χ3v) is 7.69. The molecule has 37 heavy (non-hydrogen) atoms. The molecule has 2 aliphatic heterocycles. The van der Waals surface area contributed by atoms with Gasteiger partial charge in [-0.2, -0.15) is 0 Å². The van der Waals surface area contributed by atoms with Crippen molar-refractivity contribution in [1.29, 1.82) is 0 Å². The number of nitro benzene ring substituents is 1. The molecule has 0 aliphatic carbocycles. The molecule has 1 saturated heterocycles. The summed E-state index contributed by atoms with van der Waals surface area (Å²) >= 11 is 0. The molecule has 2 aliphatic rings. The number of fused-ring (bicyclic) bond motifs is 3. The predicted octanol–water partition coefficient (Wildman–Crippen LogP) is 4.64. The summed E-state index contributed by atoms with van der Waals surface area (Å²) in [5.74, 6) is 0.911. The largest absolute Gasteiger partial charge is 0.496 e. The summed E-state index contributed by atoms with van der Waals surface area (Å²) in [5, 5.41) is 16.0. The summed E-state index contributed by atoms with van der Waals surface area (Å²) in [7, 11) is 1.74. The Balaban J connectivity index is 1.19. The van der Waals surface area contributed by atoms with Crippen LogP contribution in [-0.4, -0.2) is 54.6 Å². The zero-order chi connectivity index (χ0) is 25.4. The van der Waals surface area contributed by atoms with Gasteiger partial charge in [-0.15, -0.1) is 0 Å². The monoisotopic (exact) mass is 497 g/mol. The van der Waals surface area contributed by atoms with Crippen LogP contribution in [0.5, 0.6) is 5.75 Å². The molecule has 1 aromatic heterocycles. The Labute approximate surface area is 216 Å². The molecule has 6 rings (SSSR count). The second-order valence-corrected chi connectivity index (χ2v) is 9.81. The van der Waals surface area contributed by atoms with Gasteiger partial charge in [-0.3, -0.25) is 15.0 Å². The highest BCUT2D eigenvalue weighted by Crippen LogP contribution is 2.35. The first-order chi connectivity index (χ1) is 18.1. The van der Waals surface area contributed by atoms with Gasteiger partial charge in [0.05, 0.1) is 18.1 Å². The maximum Gasteiger partial charge on any atom is 0.269 e. The Morgan fingerprint density at radius 2 is 1.81 bits per heavy atom. The molecule has 2 N–H and O–H groups in total. The molecule has 0 unspecified atom stereocenters. The topological polar surface area (TPSA) is 86.7 Å². The average Bonchev–Trinajstić information content (AvgIpc) is 3.32. The van der Waals surface area contributed by atoms with Gasteiger partial charge in [0.1, 0.15) is 5.75 Å². The average molecular weight is 498 g/mol. The molecule has 4 aromatic rings. The number of benzene rings is 3. The van der Waals surface area contributed by atoms with Crippen LogP contribution in [0.1, 0.15) is 28.4 Å². The Morgan fingerprint density at radius 3 is 2.57 bits per heavy atom. The fourth-order valence-electron chi connectivity index (χ4n) is 5.76.